The lowest BCUT2D eigenvalue weighted by Gasteiger charge is -2.11. The second-order valence-electron chi connectivity index (χ2n) is 7.01. The molecule has 1 N–H and O–H groups in total. The summed E-state index contributed by atoms with van der Waals surface area (Å²) in [6.45, 7) is 3.84. The quantitative estimate of drug-likeness (QED) is 0.714. The Balaban J connectivity index is 1.48. The molecule has 1 aliphatic rings. The number of hydrogen-bond acceptors (Lipinski definition) is 4. The van der Waals surface area contributed by atoms with Gasteiger partial charge in [0, 0.05) is 22.7 Å². The summed E-state index contributed by atoms with van der Waals surface area (Å²) >= 11 is 0. The van der Waals surface area contributed by atoms with E-state index in [9.17, 15) is 9.59 Å². The van der Waals surface area contributed by atoms with Crippen LogP contribution in [0.15, 0.2) is 45.6 Å². The van der Waals surface area contributed by atoms with Crippen LogP contribution in [0.1, 0.15) is 28.7 Å². The molecule has 0 saturated carbocycles. The van der Waals surface area contributed by atoms with E-state index in [2.05, 4.69) is 5.32 Å². The normalized spacial score (nSPS) is 12.8. The summed E-state index contributed by atoms with van der Waals surface area (Å²) in [6, 6.07) is 11.2. The molecule has 1 aromatic heterocycles. The van der Waals surface area contributed by atoms with Crippen molar-refractivity contribution in [3.05, 3.63) is 69.1 Å². The molecule has 1 heterocycles. The number of nitrogens with one attached hydrogen (secondary N) is 1. The molecule has 5 heteroatoms. The van der Waals surface area contributed by atoms with Gasteiger partial charge in [-0.05, 0) is 62.4 Å². The fraction of sp³-hybridized carbons (Fsp3) is 0.273. The van der Waals surface area contributed by atoms with Gasteiger partial charge >= 0.3 is 5.63 Å². The summed E-state index contributed by atoms with van der Waals surface area (Å²) in [5.41, 5.74) is 5.04. The van der Waals surface area contributed by atoms with Crippen molar-refractivity contribution in [2.24, 2.45) is 0 Å². The molecule has 0 atom stereocenters. The molecule has 4 rings (SSSR count). The molecule has 5 nitrogen and oxygen atoms in total. The minimum atomic E-state index is -0.264. The molecule has 0 fully saturated rings. The second-order valence-corrected chi connectivity index (χ2v) is 7.01. The highest BCUT2D eigenvalue weighted by atomic mass is 16.5. The van der Waals surface area contributed by atoms with Gasteiger partial charge in [-0.1, -0.05) is 17.7 Å². The van der Waals surface area contributed by atoms with Crippen LogP contribution < -0.4 is 15.7 Å². The van der Waals surface area contributed by atoms with E-state index >= 15 is 0 Å². The highest BCUT2D eigenvalue weighted by molar-refractivity contribution is 5.92. The van der Waals surface area contributed by atoms with Gasteiger partial charge in [0.05, 0.1) is 0 Å². The van der Waals surface area contributed by atoms with E-state index in [0.717, 1.165) is 52.6 Å². The Kier molecular flexibility index (Phi) is 4.44. The maximum atomic E-state index is 12.2. The predicted octanol–water partition coefficient (Wildman–Crippen LogP) is 3.92. The summed E-state index contributed by atoms with van der Waals surface area (Å²) in [5, 5.41) is 3.80. The summed E-state index contributed by atoms with van der Waals surface area (Å²) in [5.74, 6) is 0.261. The van der Waals surface area contributed by atoms with Crippen molar-refractivity contribution < 1.29 is 13.9 Å². The van der Waals surface area contributed by atoms with E-state index in [1.807, 2.05) is 44.2 Å². The van der Waals surface area contributed by atoms with E-state index in [1.54, 1.807) is 6.07 Å². The zero-order chi connectivity index (χ0) is 19.0. The summed E-state index contributed by atoms with van der Waals surface area (Å²) in [6.07, 6.45) is 2.66. The number of fused-ring (bicyclic) bond motifs is 3. The lowest BCUT2D eigenvalue weighted by Crippen LogP contribution is -2.20. The first kappa shape index (κ1) is 17.3. The highest BCUT2D eigenvalue weighted by Crippen LogP contribution is 2.29. The molecule has 0 radical (unpaired) electrons. The van der Waals surface area contributed by atoms with Crippen LogP contribution in [0.4, 0.5) is 5.69 Å². The monoisotopic (exact) mass is 363 g/mol. The van der Waals surface area contributed by atoms with E-state index < -0.39 is 0 Å². The van der Waals surface area contributed by atoms with Crippen LogP contribution in [0.2, 0.25) is 0 Å². The average Bonchev–Trinajstić information content (AvgIpc) is 3.13. The Morgan fingerprint density at radius 3 is 2.74 bits per heavy atom. The summed E-state index contributed by atoms with van der Waals surface area (Å²) in [4.78, 5) is 24.3. The van der Waals surface area contributed by atoms with Crippen molar-refractivity contribution in [3.8, 4) is 5.75 Å². The number of carbonyl (C=O) groups excluding carboxylic acids is 1. The van der Waals surface area contributed by atoms with E-state index in [4.69, 9.17) is 9.15 Å². The van der Waals surface area contributed by atoms with Gasteiger partial charge in [-0.25, -0.2) is 4.79 Å². The SMILES string of the molecule is Cc1ccc(NC(=O)COc2ccc3c4c(c(=O)oc3c2)CCC4)c(C)c1. The van der Waals surface area contributed by atoms with Crippen molar-refractivity contribution >= 4 is 22.6 Å². The minimum absolute atomic E-state index is 0.117. The van der Waals surface area contributed by atoms with Crippen LogP contribution in [0, 0.1) is 13.8 Å². The predicted molar refractivity (Wildman–Crippen MR) is 105 cm³/mol. The lowest BCUT2D eigenvalue weighted by atomic mass is 10.1. The highest BCUT2D eigenvalue weighted by Gasteiger charge is 2.19. The largest absolute Gasteiger partial charge is 0.484 e. The van der Waals surface area contributed by atoms with Crippen molar-refractivity contribution in [1.29, 1.82) is 0 Å². The van der Waals surface area contributed by atoms with Crippen LogP contribution in [-0.4, -0.2) is 12.5 Å². The van der Waals surface area contributed by atoms with E-state index in [-0.39, 0.29) is 18.1 Å². The minimum Gasteiger partial charge on any atom is -0.484 e. The molecule has 0 bridgehead atoms. The third kappa shape index (κ3) is 3.45. The molecular formula is C22H21NO4. The average molecular weight is 363 g/mol. The van der Waals surface area contributed by atoms with Crippen molar-refractivity contribution in [3.63, 3.8) is 0 Å². The molecule has 1 aliphatic carbocycles. The van der Waals surface area contributed by atoms with Gasteiger partial charge in [-0.3, -0.25) is 4.79 Å². The summed E-state index contributed by atoms with van der Waals surface area (Å²) in [7, 11) is 0. The number of rotatable bonds is 4. The standard InChI is InChI=1S/C22H21NO4/c1-13-6-9-19(14(2)10-13)23-21(24)12-26-15-7-8-17-16-4-3-5-18(16)22(25)27-20(17)11-15/h6-11H,3-5,12H2,1-2H3,(H,23,24). The van der Waals surface area contributed by atoms with Crippen LogP contribution in [0.25, 0.3) is 11.0 Å². The van der Waals surface area contributed by atoms with Gasteiger partial charge < -0.3 is 14.5 Å². The van der Waals surface area contributed by atoms with Gasteiger partial charge in [-0.2, -0.15) is 0 Å². The van der Waals surface area contributed by atoms with Gasteiger partial charge in [0.25, 0.3) is 5.91 Å². The van der Waals surface area contributed by atoms with E-state index in [0.29, 0.717) is 11.3 Å². The first-order chi connectivity index (χ1) is 13.0. The number of benzene rings is 2. The topological polar surface area (TPSA) is 68.5 Å². The van der Waals surface area contributed by atoms with Crippen LogP contribution in [-0.2, 0) is 17.6 Å². The molecule has 3 aromatic rings. The van der Waals surface area contributed by atoms with Crippen molar-refractivity contribution in [1.82, 2.24) is 0 Å². The Labute approximate surface area is 157 Å². The second kappa shape index (κ2) is 6.91. The maximum Gasteiger partial charge on any atom is 0.339 e. The summed E-state index contributed by atoms with van der Waals surface area (Å²) < 4.78 is 11.0. The molecule has 138 valence electrons. The number of aryl methyl sites for hydroxylation is 3. The Hall–Kier alpha value is -3.08. The van der Waals surface area contributed by atoms with Crippen LogP contribution in [0.3, 0.4) is 0 Å². The smallest absolute Gasteiger partial charge is 0.339 e. The molecular weight excluding hydrogens is 342 g/mol. The fourth-order valence-corrected chi connectivity index (χ4v) is 3.64. The third-order valence-corrected chi connectivity index (χ3v) is 4.97. The Morgan fingerprint density at radius 1 is 1.11 bits per heavy atom. The van der Waals surface area contributed by atoms with Gasteiger partial charge in [0.1, 0.15) is 11.3 Å². The molecule has 2 aromatic carbocycles. The molecule has 0 aliphatic heterocycles. The molecule has 0 unspecified atom stereocenters. The molecule has 27 heavy (non-hydrogen) atoms. The Bertz CT molecular complexity index is 1100. The zero-order valence-corrected chi connectivity index (χ0v) is 15.4. The number of hydrogen-bond donors (Lipinski definition) is 1. The maximum absolute atomic E-state index is 12.2. The van der Waals surface area contributed by atoms with Crippen LogP contribution in [0.5, 0.6) is 5.75 Å². The van der Waals surface area contributed by atoms with Crippen LogP contribution >= 0.6 is 0 Å². The van der Waals surface area contributed by atoms with E-state index in [1.165, 1.54) is 0 Å². The first-order valence-electron chi connectivity index (χ1n) is 9.10. The molecule has 1 amide bonds. The van der Waals surface area contributed by atoms with Crippen molar-refractivity contribution in [2.45, 2.75) is 33.1 Å². The molecule has 0 spiro atoms. The number of anilines is 1. The Morgan fingerprint density at radius 2 is 1.93 bits per heavy atom. The zero-order valence-electron chi connectivity index (χ0n) is 15.4. The fourth-order valence-electron chi connectivity index (χ4n) is 3.64. The van der Waals surface area contributed by atoms with Gasteiger partial charge in [0.2, 0.25) is 0 Å². The number of ether oxygens (including phenoxy) is 1. The number of amides is 1. The number of carbonyl (C=O) groups is 1. The molecule has 0 saturated heterocycles. The third-order valence-electron chi connectivity index (χ3n) is 4.97. The van der Waals surface area contributed by atoms with Gasteiger partial charge in [0.15, 0.2) is 6.61 Å². The first-order valence-corrected chi connectivity index (χ1v) is 9.10. The van der Waals surface area contributed by atoms with Crippen molar-refractivity contribution in [2.75, 3.05) is 11.9 Å². The van der Waals surface area contributed by atoms with Gasteiger partial charge in [-0.15, -0.1) is 0 Å². The lowest BCUT2D eigenvalue weighted by molar-refractivity contribution is -0.118.